The van der Waals surface area contributed by atoms with Gasteiger partial charge in [0.2, 0.25) is 6.54 Å². The van der Waals surface area contributed by atoms with Gasteiger partial charge >= 0.3 is 0 Å². The molecule has 0 amide bonds. The summed E-state index contributed by atoms with van der Waals surface area (Å²) in [6.45, 7) is -0.163. The molecule has 0 bridgehead atoms. The third kappa shape index (κ3) is 2.69. The molecule has 5 heteroatoms. The molecule has 0 aromatic heterocycles. The third-order valence-corrected chi connectivity index (χ3v) is 2.27. The van der Waals surface area contributed by atoms with Crippen LogP contribution in [0.2, 0.25) is 0 Å². The largest absolute Gasteiger partial charge is 0.506 e. The van der Waals surface area contributed by atoms with Crippen LogP contribution in [0.5, 0.6) is 5.75 Å². The van der Waals surface area contributed by atoms with E-state index in [9.17, 15) is 15.2 Å². The first-order valence-corrected chi connectivity index (χ1v) is 4.48. The fourth-order valence-electron chi connectivity index (χ4n) is 0.973. The number of hydrogen-bond donors (Lipinski definition) is 1. The molecule has 0 fully saturated rings. The van der Waals surface area contributed by atoms with Gasteiger partial charge in [-0.05, 0) is 22.0 Å². The van der Waals surface area contributed by atoms with Gasteiger partial charge < -0.3 is 5.11 Å². The molecule has 0 saturated carbocycles. The number of phenols is 1. The maximum atomic E-state index is 10.1. The number of halogens is 1. The highest BCUT2D eigenvalue weighted by atomic mass is 79.9. The van der Waals surface area contributed by atoms with Crippen LogP contribution in [0.3, 0.4) is 0 Å². The molecule has 0 aliphatic rings. The Balaban J connectivity index is 2.77. The van der Waals surface area contributed by atoms with E-state index in [1.54, 1.807) is 18.2 Å². The summed E-state index contributed by atoms with van der Waals surface area (Å²) < 4.78 is 0.563. The van der Waals surface area contributed by atoms with Crippen LogP contribution in [-0.4, -0.2) is 16.6 Å². The van der Waals surface area contributed by atoms with Gasteiger partial charge in [-0.1, -0.05) is 12.1 Å². The zero-order valence-electron chi connectivity index (χ0n) is 6.74. The third-order valence-electron chi connectivity index (χ3n) is 1.63. The quantitative estimate of drug-likeness (QED) is 0.655. The second-order valence-corrected chi connectivity index (χ2v) is 3.41. The minimum atomic E-state index is -0.402. The van der Waals surface area contributed by atoms with Crippen LogP contribution in [0.4, 0.5) is 0 Å². The van der Waals surface area contributed by atoms with E-state index in [1.807, 2.05) is 0 Å². The number of nitro groups is 1. The predicted molar refractivity (Wildman–Crippen MR) is 51.4 cm³/mol. The number of nitrogens with zero attached hydrogens (tertiary/aromatic N) is 1. The molecule has 1 N–H and O–H groups in total. The summed E-state index contributed by atoms with van der Waals surface area (Å²) >= 11 is 3.13. The van der Waals surface area contributed by atoms with E-state index < -0.39 is 4.92 Å². The number of hydrogen-bond acceptors (Lipinski definition) is 3. The van der Waals surface area contributed by atoms with Crippen LogP contribution >= 0.6 is 15.9 Å². The first-order chi connectivity index (χ1) is 6.11. The molecule has 0 radical (unpaired) electrons. The van der Waals surface area contributed by atoms with Gasteiger partial charge in [0.15, 0.2) is 0 Å². The van der Waals surface area contributed by atoms with E-state index in [2.05, 4.69) is 15.9 Å². The monoisotopic (exact) mass is 245 g/mol. The summed E-state index contributed by atoms with van der Waals surface area (Å²) in [5, 5.41) is 19.5. The average molecular weight is 246 g/mol. The van der Waals surface area contributed by atoms with E-state index >= 15 is 0 Å². The Morgan fingerprint density at radius 2 is 2.23 bits per heavy atom. The summed E-state index contributed by atoms with van der Waals surface area (Å²) in [4.78, 5) is 9.68. The van der Waals surface area contributed by atoms with Crippen molar-refractivity contribution in [2.45, 2.75) is 6.42 Å². The molecule has 0 spiro atoms. The fraction of sp³-hybridized carbons (Fsp3) is 0.250. The first kappa shape index (κ1) is 9.98. The van der Waals surface area contributed by atoms with Crippen LogP contribution in [0.25, 0.3) is 0 Å². The summed E-state index contributed by atoms with van der Waals surface area (Å²) in [7, 11) is 0. The lowest BCUT2D eigenvalue weighted by Gasteiger charge is -2.02. The molecule has 1 aromatic carbocycles. The summed E-state index contributed by atoms with van der Waals surface area (Å²) in [6.07, 6.45) is 0.248. The maximum absolute atomic E-state index is 10.1. The molecule has 0 heterocycles. The van der Waals surface area contributed by atoms with Crippen LogP contribution in [0.15, 0.2) is 22.7 Å². The van der Waals surface area contributed by atoms with Crippen molar-refractivity contribution >= 4 is 15.9 Å². The average Bonchev–Trinajstić information content (AvgIpc) is 2.07. The molecule has 0 atom stereocenters. The van der Waals surface area contributed by atoms with Crippen LogP contribution in [-0.2, 0) is 6.42 Å². The van der Waals surface area contributed by atoms with Gasteiger partial charge in [-0.25, -0.2) is 0 Å². The highest BCUT2D eigenvalue weighted by Gasteiger charge is 2.07. The Hall–Kier alpha value is -1.10. The lowest BCUT2D eigenvalue weighted by molar-refractivity contribution is -0.479. The highest BCUT2D eigenvalue weighted by molar-refractivity contribution is 9.10. The maximum Gasteiger partial charge on any atom is 0.208 e. The molecule has 0 saturated heterocycles. The second-order valence-electron chi connectivity index (χ2n) is 2.55. The topological polar surface area (TPSA) is 63.4 Å². The summed E-state index contributed by atoms with van der Waals surface area (Å²) in [5.41, 5.74) is 0.589. The number of para-hydroxylation sites is 1. The van der Waals surface area contributed by atoms with Crippen molar-refractivity contribution in [3.8, 4) is 5.75 Å². The Bertz CT molecular complexity index is 327. The summed E-state index contributed by atoms with van der Waals surface area (Å²) in [5.74, 6) is 0.0874. The van der Waals surface area contributed by atoms with Crippen LogP contribution < -0.4 is 0 Å². The minimum Gasteiger partial charge on any atom is -0.506 e. The minimum absolute atomic E-state index is 0.0874. The smallest absolute Gasteiger partial charge is 0.208 e. The zero-order chi connectivity index (χ0) is 9.84. The first-order valence-electron chi connectivity index (χ1n) is 3.69. The molecule has 70 valence electrons. The van der Waals surface area contributed by atoms with Crippen molar-refractivity contribution < 1.29 is 10.0 Å². The molecule has 13 heavy (non-hydrogen) atoms. The predicted octanol–water partition coefficient (Wildman–Crippen LogP) is 1.97. The van der Waals surface area contributed by atoms with Gasteiger partial charge in [-0.3, -0.25) is 10.1 Å². The molecule has 0 aliphatic carbocycles. The van der Waals surface area contributed by atoms with Gasteiger partial charge in [0.25, 0.3) is 0 Å². The van der Waals surface area contributed by atoms with Crippen molar-refractivity contribution in [2.75, 3.05) is 6.54 Å². The normalized spacial score (nSPS) is 9.92. The van der Waals surface area contributed by atoms with Gasteiger partial charge in [0.05, 0.1) is 4.47 Å². The van der Waals surface area contributed by atoms with E-state index in [1.165, 1.54) is 0 Å². The Kier molecular flexibility index (Phi) is 3.25. The van der Waals surface area contributed by atoms with Crippen LogP contribution in [0, 0.1) is 10.1 Å². The fourth-order valence-corrected chi connectivity index (χ4v) is 1.38. The molecule has 1 aromatic rings. The van der Waals surface area contributed by atoms with Gasteiger partial charge in [-0.2, -0.15) is 0 Å². The number of aromatic hydroxyl groups is 1. The Morgan fingerprint density at radius 3 is 2.85 bits per heavy atom. The van der Waals surface area contributed by atoms with Crippen molar-refractivity contribution in [1.29, 1.82) is 0 Å². The lowest BCUT2D eigenvalue weighted by atomic mass is 10.1. The van der Waals surface area contributed by atoms with Gasteiger partial charge in [-0.15, -0.1) is 0 Å². The van der Waals surface area contributed by atoms with E-state index in [0.717, 1.165) is 0 Å². The zero-order valence-corrected chi connectivity index (χ0v) is 8.32. The van der Waals surface area contributed by atoms with Gasteiger partial charge in [0.1, 0.15) is 5.75 Å². The molecule has 0 aliphatic heterocycles. The van der Waals surface area contributed by atoms with E-state index in [4.69, 9.17) is 0 Å². The standard InChI is InChI=1S/C8H8BrNO3/c9-7-3-1-2-6(8(7)11)4-5-10(12)13/h1-3,11H,4-5H2. The van der Waals surface area contributed by atoms with Crippen molar-refractivity contribution in [3.63, 3.8) is 0 Å². The Labute approximate surface area is 83.5 Å². The van der Waals surface area contributed by atoms with Gasteiger partial charge in [0, 0.05) is 16.9 Å². The van der Waals surface area contributed by atoms with Crippen molar-refractivity contribution in [3.05, 3.63) is 38.3 Å². The Morgan fingerprint density at radius 1 is 1.54 bits per heavy atom. The molecular formula is C8H8BrNO3. The van der Waals surface area contributed by atoms with Crippen molar-refractivity contribution in [1.82, 2.24) is 0 Å². The number of phenolic OH excluding ortho intramolecular Hbond substituents is 1. The molecular weight excluding hydrogens is 238 g/mol. The molecule has 1 rings (SSSR count). The second kappa shape index (κ2) is 4.23. The molecule has 0 unspecified atom stereocenters. The summed E-state index contributed by atoms with van der Waals surface area (Å²) in [6, 6.07) is 5.09. The SMILES string of the molecule is O=[N+]([O-])CCc1cccc(Br)c1O. The molecule has 4 nitrogen and oxygen atoms in total. The number of rotatable bonds is 3. The number of benzene rings is 1. The lowest BCUT2D eigenvalue weighted by Crippen LogP contribution is -2.04. The van der Waals surface area contributed by atoms with E-state index in [0.29, 0.717) is 10.0 Å². The van der Waals surface area contributed by atoms with Crippen molar-refractivity contribution in [2.24, 2.45) is 0 Å². The van der Waals surface area contributed by atoms with E-state index in [-0.39, 0.29) is 18.7 Å². The van der Waals surface area contributed by atoms with Crippen LogP contribution in [0.1, 0.15) is 5.56 Å². The highest BCUT2D eigenvalue weighted by Crippen LogP contribution is 2.27.